The van der Waals surface area contributed by atoms with Crippen molar-refractivity contribution < 1.29 is 28.1 Å². The Kier molecular flexibility index (Phi) is 5.71. The molecule has 0 aliphatic heterocycles. The van der Waals surface area contributed by atoms with Gasteiger partial charge in [-0.3, -0.25) is 0 Å². The van der Waals surface area contributed by atoms with Crippen LogP contribution in [0.25, 0.3) is 16.6 Å². The van der Waals surface area contributed by atoms with Crippen LogP contribution in [0.3, 0.4) is 0 Å². The van der Waals surface area contributed by atoms with Crippen molar-refractivity contribution >= 4 is 10.9 Å². The van der Waals surface area contributed by atoms with E-state index >= 15 is 0 Å². The van der Waals surface area contributed by atoms with Crippen molar-refractivity contribution in [2.75, 3.05) is 6.61 Å². The lowest BCUT2D eigenvalue weighted by Gasteiger charge is -2.14. The Hall–Kier alpha value is -3.29. The number of hydrogen-bond acceptors (Lipinski definition) is 3. The Morgan fingerprint density at radius 1 is 0.903 bits per heavy atom. The molecule has 0 amide bonds. The highest BCUT2D eigenvalue weighted by atomic mass is 19.4. The molecule has 1 aromatic heterocycles. The van der Waals surface area contributed by atoms with E-state index in [4.69, 9.17) is 4.74 Å². The van der Waals surface area contributed by atoms with E-state index in [0.717, 1.165) is 28.6 Å². The second kappa shape index (κ2) is 8.45. The van der Waals surface area contributed by atoms with Gasteiger partial charge in [0.2, 0.25) is 0 Å². The summed E-state index contributed by atoms with van der Waals surface area (Å²) in [6.45, 7) is -0.340. The minimum Gasteiger partial charge on any atom is -0.455 e. The second-order valence-electron chi connectivity index (χ2n) is 7.17. The molecular formula is C24H20F3NO3. The van der Waals surface area contributed by atoms with E-state index in [2.05, 4.69) is 0 Å². The van der Waals surface area contributed by atoms with Gasteiger partial charge in [0.1, 0.15) is 5.75 Å². The van der Waals surface area contributed by atoms with Crippen molar-refractivity contribution in [3.63, 3.8) is 0 Å². The third-order valence-corrected chi connectivity index (χ3v) is 5.00. The Bertz CT molecular complexity index is 1180. The first-order valence-electron chi connectivity index (χ1n) is 9.69. The number of halogens is 3. The van der Waals surface area contributed by atoms with Crippen LogP contribution in [0.5, 0.6) is 11.5 Å². The SMILES string of the molecule is OCC(O)Cc1cn(-c2ccccc2Oc2ccc(C(F)(F)F)cc2)c2ccccc12. The largest absolute Gasteiger partial charge is 0.455 e. The van der Waals surface area contributed by atoms with Crippen molar-refractivity contribution in [3.05, 3.63) is 90.1 Å². The Morgan fingerprint density at radius 2 is 1.58 bits per heavy atom. The van der Waals surface area contributed by atoms with Gasteiger partial charge in [-0.2, -0.15) is 13.2 Å². The molecule has 4 aromatic rings. The predicted octanol–water partition coefficient (Wildman–Crippen LogP) is 5.34. The zero-order valence-corrected chi connectivity index (χ0v) is 16.4. The average molecular weight is 427 g/mol. The van der Waals surface area contributed by atoms with Crippen LogP contribution in [-0.2, 0) is 12.6 Å². The highest BCUT2D eigenvalue weighted by Crippen LogP contribution is 2.35. The molecule has 2 N–H and O–H groups in total. The number of ether oxygens (including phenoxy) is 1. The van der Waals surface area contributed by atoms with Gasteiger partial charge < -0.3 is 19.5 Å². The van der Waals surface area contributed by atoms with Crippen LogP contribution in [-0.4, -0.2) is 27.5 Å². The molecule has 7 heteroatoms. The topological polar surface area (TPSA) is 54.6 Å². The fourth-order valence-corrected chi connectivity index (χ4v) is 3.51. The van der Waals surface area contributed by atoms with E-state index in [1.807, 2.05) is 47.2 Å². The molecule has 31 heavy (non-hydrogen) atoms. The quantitative estimate of drug-likeness (QED) is 0.437. The van der Waals surface area contributed by atoms with Gasteiger partial charge in [-0.15, -0.1) is 0 Å². The molecule has 0 saturated heterocycles. The van der Waals surface area contributed by atoms with Crippen molar-refractivity contribution in [1.82, 2.24) is 4.57 Å². The molecule has 1 unspecified atom stereocenters. The van der Waals surface area contributed by atoms with E-state index in [1.165, 1.54) is 12.1 Å². The van der Waals surface area contributed by atoms with Gasteiger partial charge in [0, 0.05) is 18.0 Å². The summed E-state index contributed by atoms with van der Waals surface area (Å²) in [7, 11) is 0. The van der Waals surface area contributed by atoms with Gasteiger partial charge >= 0.3 is 6.18 Å². The molecule has 0 saturated carbocycles. The molecule has 3 aromatic carbocycles. The van der Waals surface area contributed by atoms with Gasteiger partial charge in [-0.25, -0.2) is 0 Å². The molecule has 4 nitrogen and oxygen atoms in total. The predicted molar refractivity (Wildman–Crippen MR) is 112 cm³/mol. The average Bonchev–Trinajstić information content (AvgIpc) is 3.12. The molecule has 0 aliphatic rings. The number of aliphatic hydroxyl groups excluding tert-OH is 2. The van der Waals surface area contributed by atoms with Crippen molar-refractivity contribution in [2.45, 2.75) is 18.7 Å². The van der Waals surface area contributed by atoms with E-state index in [9.17, 15) is 23.4 Å². The lowest BCUT2D eigenvalue weighted by atomic mass is 10.1. The number of fused-ring (bicyclic) bond motifs is 1. The summed E-state index contributed by atoms with van der Waals surface area (Å²) in [6.07, 6.45) is -3.13. The van der Waals surface area contributed by atoms with E-state index in [-0.39, 0.29) is 18.8 Å². The first-order valence-corrected chi connectivity index (χ1v) is 9.69. The number of nitrogens with zero attached hydrogens (tertiary/aromatic N) is 1. The molecule has 0 radical (unpaired) electrons. The molecule has 0 fully saturated rings. The standard InChI is InChI=1S/C24H20F3NO3/c25-24(26,27)17-9-11-19(12-10-17)31-23-8-4-3-7-22(23)28-14-16(13-18(30)15-29)20-5-1-2-6-21(20)28/h1-12,14,18,29-30H,13,15H2. The van der Waals surface area contributed by atoms with Crippen LogP contribution in [0, 0.1) is 0 Å². The van der Waals surface area contributed by atoms with Crippen LogP contribution in [0.4, 0.5) is 13.2 Å². The molecule has 4 rings (SSSR count). The number of aromatic nitrogens is 1. The molecule has 0 spiro atoms. The molecule has 0 aliphatic carbocycles. The summed E-state index contributed by atoms with van der Waals surface area (Å²) in [5.74, 6) is 0.755. The fourth-order valence-electron chi connectivity index (χ4n) is 3.51. The molecular weight excluding hydrogens is 407 g/mol. The maximum atomic E-state index is 12.8. The maximum Gasteiger partial charge on any atom is 0.416 e. The summed E-state index contributed by atoms with van der Waals surface area (Å²) in [5, 5.41) is 20.1. The van der Waals surface area contributed by atoms with Gasteiger partial charge in [0.05, 0.1) is 29.5 Å². The third kappa shape index (κ3) is 4.42. The molecule has 160 valence electrons. The fraction of sp³-hybridized carbons (Fsp3) is 0.167. The summed E-state index contributed by atoms with van der Waals surface area (Å²) < 4.78 is 46.3. The van der Waals surface area contributed by atoms with Gasteiger partial charge in [0.25, 0.3) is 0 Å². The number of aliphatic hydroxyl groups is 2. The first kappa shape index (κ1) is 21.0. The van der Waals surface area contributed by atoms with Crippen molar-refractivity contribution in [2.24, 2.45) is 0 Å². The zero-order chi connectivity index (χ0) is 22.0. The van der Waals surface area contributed by atoms with E-state index < -0.39 is 17.8 Å². The highest BCUT2D eigenvalue weighted by Gasteiger charge is 2.30. The minimum absolute atomic E-state index is 0.284. The second-order valence-corrected chi connectivity index (χ2v) is 7.17. The number of benzene rings is 3. The van der Waals surface area contributed by atoms with Crippen LogP contribution in [0.15, 0.2) is 79.0 Å². The Labute approximate surface area is 176 Å². The van der Waals surface area contributed by atoms with Crippen LogP contribution in [0.1, 0.15) is 11.1 Å². The molecule has 0 bridgehead atoms. The number of alkyl halides is 3. The third-order valence-electron chi connectivity index (χ3n) is 5.00. The molecule has 1 atom stereocenters. The zero-order valence-electron chi connectivity index (χ0n) is 16.4. The van der Waals surface area contributed by atoms with Crippen molar-refractivity contribution in [1.29, 1.82) is 0 Å². The number of hydrogen-bond donors (Lipinski definition) is 2. The summed E-state index contributed by atoms with van der Waals surface area (Å²) in [6, 6.07) is 19.4. The number of rotatable bonds is 6. The lowest BCUT2D eigenvalue weighted by Crippen LogP contribution is -2.14. The van der Waals surface area contributed by atoms with Gasteiger partial charge in [-0.1, -0.05) is 30.3 Å². The Balaban J connectivity index is 1.73. The van der Waals surface area contributed by atoms with Crippen LogP contribution >= 0.6 is 0 Å². The maximum absolute atomic E-state index is 12.8. The van der Waals surface area contributed by atoms with E-state index in [0.29, 0.717) is 11.4 Å². The molecule has 1 heterocycles. The van der Waals surface area contributed by atoms with E-state index in [1.54, 1.807) is 12.1 Å². The summed E-state index contributed by atoms with van der Waals surface area (Å²) >= 11 is 0. The summed E-state index contributed by atoms with van der Waals surface area (Å²) in [5.41, 5.74) is 1.70. The lowest BCUT2D eigenvalue weighted by molar-refractivity contribution is -0.137. The highest BCUT2D eigenvalue weighted by molar-refractivity contribution is 5.86. The van der Waals surface area contributed by atoms with Crippen molar-refractivity contribution in [3.8, 4) is 17.2 Å². The minimum atomic E-state index is -4.41. The number of para-hydroxylation sites is 3. The first-order chi connectivity index (χ1) is 14.9. The Morgan fingerprint density at radius 3 is 2.29 bits per heavy atom. The van der Waals surface area contributed by atoms with Gasteiger partial charge in [-0.05, 0) is 48.0 Å². The normalized spacial score (nSPS) is 12.8. The monoisotopic (exact) mass is 427 g/mol. The van der Waals surface area contributed by atoms with Crippen LogP contribution < -0.4 is 4.74 Å². The smallest absolute Gasteiger partial charge is 0.416 e. The van der Waals surface area contributed by atoms with Crippen LogP contribution in [0.2, 0.25) is 0 Å². The summed E-state index contributed by atoms with van der Waals surface area (Å²) in [4.78, 5) is 0. The van der Waals surface area contributed by atoms with Gasteiger partial charge in [0.15, 0.2) is 5.75 Å².